The number of amides is 1. The summed E-state index contributed by atoms with van der Waals surface area (Å²) in [6.07, 6.45) is -0.823. The van der Waals surface area contributed by atoms with Crippen LogP contribution in [-0.2, 0) is 14.3 Å². The molecule has 0 saturated carbocycles. The summed E-state index contributed by atoms with van der Waals surface area (Å²) in [5, 5.41) is 0. The number of benzene rings is 1. The van der Waals surface area contributed by atoms with E-state index in [2.05, 4.69) is 20.7 Å². The van der Waals surface area contributed by atoms with Crippen molar-refractivity contribution in [2.24, 2.45) is 0 Å². The van der Waals surface area contributed by atoms with Gasteiger partial charge in [0.2, 0.25) is 0 Å². The number of hydrogen-bond donors (Lipinski definition) is 0. The van der Waals surface area contributed by atoms with Gasteiger partial charge in [-0.05, 0) is 18.2 Å². The van der Waals surface area contributed by atoms with Gasteiger partial charge in [0.25, 0.3) is 5.91 Å². The first-order valence-electron chi connectivity index (χ1n) is 5.96. The molecule has 2 rings (SSSR count). The first-order valence-corrected chi connectivity index (χ1v) is 6.76. The van der Waals surface area contributed by atoms with E-state index in [-0.39, 0.29) is 18.7 Å². The predicted octanol–water partition coefficient (Wildman–Crippen LogP) is 1.60. The van der Waals surface area contributed by atoms with Crippen molar-refractivity contribution >= 4 is 27.8 Å². The summed E-state index contributed by atoms with van der Waals surface area (Å²) in [7, 11) is 1.25. The van der Waals surface area contributed by atoms with E-state index < -0.39 is 23.8 Å². The van der Waals surface area contributed by atoms with Crippen molar-refractivity contribution < 1.29 is 23.5 Å². The van der Waals surface area contributed by atoms with Gasteiger partial charge in [0.05, 0.1) is 25.8 Å². The Morgan fingerprint density at radius 1 is 1.50 bits per heavy atom. The Kier molecular flexibility index (Phi) is 4.72. The van der Waals surface area contributed by atoms with Crippen LogP contribution in [0.5, 0.6) is 0 Å². The van der Waals surface area contributed by atoms with Crippen LogP contribution in [-0.4, -0.2) is 49.7 Å². The fourth-order valence-electron chi connectivity index (χ4n) is 1.94. The van der Waals surface area contributed by atoms with E-state index in [9.17, 15) is 14.0 Å². The van der Waals surface area contributed by atoms with E-state index in [0.29, 0.717) is 11.0 Å². The van der Waals surface area contributed by atoms with E-state index in [4.69, 9.17) is 4.74 Å². The summed E-state index contributed by atoms with van der Waals surface area (Å²) in [4.78, 5) is 25.1. The number of methoxy groups -OCH3 is 1. The maximum atomic E-state index is 13.8. The molecule has 1 aromatic carbocycles. The molecular weight excluding hydrogens is 333 g/mol. The van der Waals surface area contributed by atoms with Crippen LogP contribution in [0.25, 0.3) is 0 Å². The molecule has 1 aliphatic heterocycles. The minimum Gasteiger partial charge on any atom is -0.467 e. The molecular formula is C13H13BrFNO4. The molecule has 20 heavy (non-hydrogen) atoms. The molecule has 108 valence electrons. The first-order chi connectivity index (χ1) is 9.52. The second-order valence-corrected chi connectivity index (χ2v) is 5.17. The average Bonchev–Trinajstić information content (AvgIpc) is 2.46. The van der Waals surface area contributed by atoms with Crippen molar-refractivity contribution in [1.82, 2.24) is 4.90 Å². The summed E-state index contributed by atoms with van der Waals surface area (Å²) in [5.41, 5.74) is -0.0290. The highest BCUT2D eigenvalue weighted by atomic mass is 79.9. The molecule has 0 radical (unpaired) electrons. The fourth-order valence-corrected chi connectivity index (χ4v) is 2.27. The molecule has 1 aliphatic rings. The Balaban J connectivity index is 2.14. The SMILES string of the molecule is COC(=O)C1CN(C(=O)c2ccc(Br)cc2F)CCO1. The summed E-state index contributed by atoms with van der Waals surface area (Å²) in [5.74, 6) is -1.61. The lowest BCUT2D eigenvalue weighted by Crippen LogP contribution is -2.49. The summed E-state index contributed by atoms with van der Waals surface area (Å²) in [6, 6.07) is 4.23. The minimum absolute atomic E-state index is 0.0290. The monoisotopic (exact) mass is 345 g/mol. The van der Waals surface area contributed by atoms with E-state index >= 15 is 0 Å². The van der Waals surface area contributed by atoms with Crippen LogP contribution in [0.4, 0.5) is 4.39 Å². The molecule has 1 fully saturated rings. The van der Waals surface area contributed by atoms with Crippen molar-refractivity contribution in [3.8, 4) is 0 Å². The largest absolute Gasteiger partial charge is 0.467 e. The number of rotatable bonds is 2. The third kappa shape index (κ3) is 3.16. The fraction of sp³-hybridized carbons (Fsp3) is 0.385. The Labute approximate surface area is 123 Å². The molecule has 1 heterocycles. The second-order valence-electron chi connectivity index (χ2n) is 4.26. The molecule has 0 aliphatic carbocycles. The number of hydrogen-bond acceptors (Lipinski definition) is 4. The van der Waals surface area contributed by atoms with Gasteiger partial charge in [0.15, 0.2) is 6.10 Å². The number of nitrogens with zero attached hydrogens (tertiary/aromatic N) is 1. The zero-order chi connectivity index (χ0) is 14.7. The van der Waals surface area contributed by atoms with Crippen LogP contribution < -0.4 is 0 Å². The van der Waals surface area contributed by atoms with Crippen molar-refractivity contribution in [3.63, 3.8) is 0 Å². The molecule has 7 heteroatoms. The smallest absolute Gasteiger partial charge is 0.336 e. The standard InChI is InChI=1S/C13H13BrFNO4/c1-19-13(18)11-7-16(4-5-20-11)12(17)9-3-2-8(14)6-10(9)15/h2-3,6,11H,4-5,7H2,1H3. The zero-order valence-corrected chi connectivity index (χ0v) is 12.4. The number of morpholine rings is 1. The van der Waals surface area contributed by atoms with E-state index in [0.717, 1.165) is 0 Å². The van der Waals surface area contributed by atoms with Crippen LogP contribution in [0.15, 0.2) is 22.7 Å². The molecule has 1 unspecified atom stereocenters. The highest BCUT2D eigenvalue weighted by Crippen LogP contribution is 2.18. The third-order valence-corrected chi connectivity index (χ3v) is 3.47. The highest BCUT2D eigenvalue weighted by Gasteiger charge is 2.31. The van der Waals surface area contributed by atoms with Gasteiger partial charge in [-0.2, -0.15) is 0 Å². The maximum absolute atomic E-state index is 13.8. The molecule has 0 N–H and O–H groups in total. The van der Waals surface area contributed by atoms with Crippen LogP contribution in [0, 0.1) is 5.82 Å². The number of ether oxygens (including phenoxy) is 2. The maximum Gasteiger partial charge on any atom is 0.336 e. The zero-order valence-electron chi connectivity index (χ0n) is 10.8. The predicted molar refractivity (Wildman–Crippen MR) is 71.8 cm³/mol. The van der Waals surface area contributed by atoms with Gasteiger partial charge in [-0.25, -0.2) is 9.18 Å². The summed E-state index contributed by atoms with van der Waals surface area (Å²) in [6.45, 7) is 0.576. The number of esters is 1. The molecule has 1 saturated heterocycles. The van der Waals surface area contributed by atoms with Crippen LogP contribution in [0.1, 0.15) is 10.4 Å². The van der Waals surface area contributed by atoms with E-state index in [1.807, 2.05) is 0 Å². The second kappa shape index (κ2) is 6.32. The van der Waals surface area contributed by atoms with Gasteiger partial charge >= 0.3 is 5.97 Å². The molecule has 0 bridgehead atoms. The van der Waals surface area contributed by atoms with Crippen LogP contribution in [0.2, 0.25) is 0 Å². The van der Waals surface area contributed by atoms with Crippen LogP contribution >= 0.6 is 15.9 Å². The van der Waals surface area contributed by atoms with Gasteiger partial charge in [0.1, 0.15) is 5.82 Å². The average molecular weight is 346 g/mol. The van der Waals surface area contributed by atoms with Crippen molar-refractivity contribution in [1.29, 1.82) is 0 Å². The van der Waals surface area contributed by atoms with Gasteiger partial charge in [-0.15, -0.1) is 0 Å². The van der Waals surface area contributed by atoms with Crippen molar-refractivity contribution in [3.05, 3.63) is 34.1 Å². The Morgan fingerprint density at radius 3 is 2.90 bits per heavy atom. The lowest BCUT2D eigenvalue weighted by molar-refractivity contribution is -0.158. The lowest BCUT2D eigenvalue weighted by atomic mass is 10.1. The number of halogens is 2. The van der Waals surface area contributed by atoms with E-state index in [1.165, 1.54) is 24.1 Å². The molecule has 0 spiro atoms. The molecule has 1 atom stereocenters. The Hall–Kier alpha value is -1.47. The van der Waals surface area contributed by atoms with Crippen molar-refractivity contribution in [2.45, 2.75) is 6.10 Å². The molecule has 1 aromatic rings. The normalized spacial score (nSPS) is 18.8. The summed E-state index contributed by atoms with van der Waals surface area (Å²) >= 11 is 3.13. The highest BCUT2D eigenvalue weighted by molar-refractivity contribution is 9.10. The quantitative estimate of drug-likeness (QED) is 0.764. The first kappa shape index (κ1) is 14.9. The molecule has 0 aromatic heterocycles. The van der Waals surface area contributed by atoms with Crippen LogP contribution in [0.3, 0.4) is 0 Å². The van der Waals surface area contributed by atoms with Gasteiger partial charge in [-0.3, -0.25) is 4.79 Å². The number of carbonyl (C=O) groups is 2. The van der Waals surface area contributed by atoms with E-state index in [1.54, 1.807) is 6.07 Å². The summed E-state index contributed by atoms with van der Waals surface area (Å²) < 4.78 is 24.1. The lowest BCUT2D eigenvalue weighted by Gasteiger charge is -2.31. The van der Waals surface area contributed by atoms with Gasteiger partial charge < -0.3 is 14.4 Å². The number of carbonyl (C=O) groups excluding carboxylic acids is 2. The third-order valence-electron chi connectivity index (χ3n) is 2.98. The topological polar surface area (TPSA) is 55.8 Å². The molecule has 1 amide bonds. The molecule has 5 nitrogen and oxygen atoms in total. The Bertz CT molecular complexity index is 537. The Morgan fingerprint density at radius 2 is 2.25 bits per heavy atom. The van der Waals surface area contributed by atoms with Gasteiger partial charge in [-0.1, -0.05) is 15.9 Å². The van der Waals surface area contributed by atoms with Gasteiger partial charge in [0, 0.05) is 11.0 Å². The minimum atomic E-state index is -0.823. The van der Waals surface area contributed by atoms with Crippen molar-refractivity contribution in [2.75, 3.05) is 26.8 Å².